The van der Waals surface area contributed by atoms with Crippen molar-refractivity contribution in [3.8, 4) is 0 Å². The number of methoxy groups -OCH3 is 1. The van der Waals surface area contributed by atoms with Crippen LogP contribution in [0.25, 0.3) is 0 Å². The molecule has 28 heavy (non-hydrogen) atoms. The lowest BCUT2D eigenvalue weighted by Gasteiger charge is -2.39. The SMILES string of the molecule is COCCCNC(=O)c1cccc(S(=O)(=O)N2C[C@]3(C)C[C@H]2CC(C)(C)C3)c1. The van der Waals surface area contributed by atoms with Crippen molar-refractivity contribution in [1.29, 1.82) is 0 Å². The third-order valence-corrected chi connectivity index (χ3v) is 7.77. The van der Waals surface area contributed by atoms with Gasteiger partial charge in [-0.25, -0.2) is 8.42 Å². The van der Waals surface area contributed by atoms with Crippen LogP contribution in [0, 0.1) is 10.8 Å². The fourth-order valence-corrected chi connectivity index (χ4v) is 6.96. The Morgan fingerprint density at radius 3 is 2.75 bits per heavy atom. The minimum atomic E-state index is -3.63. The predicted octanol–water partition coefficient (Wildman–Crippen LogP) is 3.04. The van der Waals surface area contributed by atoms with Crippen LogP contribution in [0.1, 0.15) is 56.8 Å². The van der Waals surface area contributed by atoms with Crippen LogP contribution in [-0.4, -0.2) is 51.5 Å². The summed E-state index contributed by atoms with van der Waals surface area (Å²) in [6.45, 7) is 8.26. The second-order valence-corrected chi connectivity index (χ2v) is 11.3. The van der Waals surface area contributed by atoms with Gasteiger partial charge in [0.25, 0.3) is 5.91 Å². The van der Waals surface area contributed by atoms with E-state index in [0.29, 0.717) is 31.7 Å². The molecule has 2 bridgehead atoms. The molecule has 7 heteroatoms. The maximum atomic E-state index is 13.4. The molecule has 0 radical (unpaired) electrons. The topological polar surface area (TPSA) is 75.7 Å². The molecule has 2 atom stereocenters. The molecule has 1 amide bonds. The molecule has 1 aliphatic carbocycles. The van der Waals surface area contributed by atoms with Crippen LogP contribution in [0.15, 0.2) is 29.2 Å². The lowest BCUT2D eigenvalue weighted by atomic mass is 9.65. The number of sulfonamides is 1. The number of ether oxygens (including phenoxy) is 1. The van der Waals surface area contributed by atoms with Crippen molar-refractivity contribution in [1.82, 2.24) is 9.62 Å². The zero-order valence-corrected chi connectivity index (χ0v) is 18.1. The van der Waals surface area contributed by atoms with E-state index in [4.69, 9.17) is 4.74 Å². The van der Waals surface area contributed by atoms with Gasteiger partial charge in [0.05, 0.1) is 4.90 Å². The normalized spacial score (nSPS) is 26.9. The second-order valence-electron chi connectivity index (χ2n) is 9.39. The van der Waals surface area contributed by atoms with E-state index in [9.17, 15) is 13.2 Å². The van der Waals surface area contributed by atoms with Gasteiger partial charge in [-0.2, -0.15) is 4.31 Å². The highest BCUT2D eigenvalue weighted by atomic mass is 32.2. The van der Waals surface area contributed by atoms with Crippen molar-refractivity contribution < 1.29 is 17.9 Å². The average Bonchev–Trinajstić information content (AvgIpc) is 2.88. The number of nitrogens with one attached hydrogen (secondary N) is 1. The van der Waals surface area contributed by atoms with E-state index in [2.05, 4.69) is 26.1 Å². The summed E-state index contributed by atoms with van der Waals surface area (Å²) in [5.74, 6) is -0.263. The molecule has 2 fully saturated rings. The minimum Gasteiger partial charge on any atom is -0.385 e. The molecule has 3 rings (SSSR count). The first-order valence-electron chi connectivity index (χ1n) is 9.95. The van der Waals surface area contributed by atoms with Crippen LogP contribution in [0.5, 0.6) is 0 Å². The fourth-order valence-electron chi connectivity index (χ4n) is 5.14. The number of benzene rings is 1. The maximum absolute atomic E-state index is 13.4. The Kier molecular flexibility index (Phi) is 5.90. The molecule has 1 saturated heterocycles. The molecule has 0 aromatic heterocycles. The van der Waals surface area contributed by atoms with Gasteiger partial charge in [0.2, 0.25) is 10.0 Å². The number of hydrogen-bond acceptors (Lipinski definition) is 4. The zero-order chi connectivity index (χ0) is 20.6. The van der Waals surface area contributed by atoms with Gasteiger partial charge < -0.3 is 10.1 Å². The molecule has 0 spiro atoms. The Bertz CT molecular complexity index is 837. The first-order valence-corrected chi connectivity index (χ1v) is 11.4. The standard InChI is InChI=1S/C21H32N2O4S/c1-20(2)12-17-13-21(3,14-20)15-23(17)28(25,26)18-8-5-7-16(11-18)19(24)22-9-6-10-27-4/h5,7-8,11,17H,6,9-10,12-15H2,1-4H3,(H,22,24)/t17-,21-/m1/s1. The smallest absolute Gasteiger partial charge is 0.251 e. The number of fused-ring (bicyclic) bond motifs is 2. The van der Waals surface area contributed by atoms with E-state index >= 15 is 0 Å². The van der Waals surface area contributed by atoms with E-state index in [1.165, 1.54) is 6.07 Å². The predicted molar refractivity (Wildman–Crippen MR) is 109 cm³/mol. The summed E-state index contributed by atoms with van der Waals surface area (Å²) < 4.78 is 33.4. The van der Waals surface area contributed by atoms with Gasteiger partial charge in [0.1, 0.15) is 0 Å². The van der Waals surface area contributed by atoms with E-state index in [1.807, 2.05) is 0 Å². The maximum Gasteiger partial charge on any atom is 0.251 e. The number of nitrogens with zero attached hydrogens (tertiary/aromatic N) is 1. The lowest BCUT2D eigenvalue weighted by molar-refractivity contribution is 0.0948. The van der Waals surface area contributed by atoms with Gasteiger partial charge in [0, 0.05) is 38.4 Å². The van der Waals surface area contributed by atoms with Crippen molar-refractivity contribution in [3.05, 3.63) is 29.8 Å². The van der Waals surface area contributed by atoms with Crippen LogP contribution in [0.4, 0.5) is 0 Å². The molecule has 1 aromatic rings. The second kappa shape index (κ2) is 7.76. The number of carbonyl (C=O) groups excluding carboxylic acids is 1. The van der Waals surface area contributed by atoms with Gasteiger partial charge in [-0.05, 0) is 54.7 Å². The molecule has 1 N–H and O–H groups in total. The summed E-state index contributed by atoms with van der Waals surface area (Å²) in [4.78, 5) is 12.6. The third-order valence-electron chi connectivity index (χ3n) is 5.88. The third kappa shape index (κ3) is 4.42. The highest BCUT2D eigenvalue weighted by Crippen LogP contribution is 2.53. The summed E-state index contributed by atoms with van der Waals surface area (Å²) in [6.07, 6.45) is 3.54. The average molecular weight is 409 g/mol. The number of rotatable bonds is 7. The Morgan fingerprint density at radius 2 is 2.04 bits per heavy atom. The van der Waals surface area contributed by atoms with Crippen LogP contribution < -0.4 is 5.32 Å². The molecule has 6 nitrogen and oxygen atoms in total. The van der Waals surface area contributed by atoms with Crippen molar-refractivity contribution >= 4 is 15.9 Å². The molecule has 2 aliphatic rings. The van der Waals surface area contributed by atoms with Gasteiger partial charge >= 0.3 is 0 Å². The summed E-state index contributed by atoms with van der Waals surface area (Å²) >= 11 is 0. The Labute approximate surface area is 168 Å². The summed E-state index contributed by atoms with van der Waals surface area (Å²) in [6, 6.07) is 6.41. The Morgan fingerprint density at radius 1 is 1.29 bits per heavy atom. The highest BCUT2D eigenvalue weighted by molar-refractivity contribution is 7.89. The zero-order valence-electron chi connectivity index (χ0n) is 17.3. The molecule has 1 heterocycles. The number of amides is 1. The number of carbonyl (C=O) groups is 1. The van der Waals surface area contributed by atoms with Crippen LogP contribution in [0.2, 0.25) is 0 Å². The molecular formula is C21H32N2O4S. The summed E-state index contributed by atoms with van der Waals surface area (Å²) in [5, 5.41) is 2.81. The van der Waals surface area contributed by atoms with Crippen molar-refractivity contribution in [2.24, 2.45) is 10.8 Å². The summed E-state index contributed by atoms with van der Waals surface area (Å²) in [7, 11) is -2.02. The monoisotopic (exact) mass is 408 g/mol. The Hall–Kier alpha value is -1.44. The Balaban J connectivity index is 1.79. The van der Waals surface area contributed by atoms with Crippen LogP contribution >= 0.6 is 0 Å². The van der Waals surface area contributed by atoms with Crippen molar-refractivity contribution in [2.45, 2.75) is 57.4 Å². The van der Waals surface area contributed by atoms with Crippen molar-refractivity contribution in [2.75, 3.05) is 26.8 Å². The largest absolute Gasteiger partial charge is 0.385 e. The van der Waals surface area contributed by atoms with E-state index in [-0.39, 0.29) is 27.7 Å². The van der Waals surface area contributed by atoms with Gasteiger partial charge in [0.15, 0.2) is 0 Å². The highest BCUT2D eigenvalue weighted by Gasteiger charge is 2.53. The first-order chi connectivity index (χ1) is 13.1. The van der Waals surface area contributed by atoms with Crippen LogP contribution in [-0.2, 0) is 14.8 Å². The molecule has 0 unspecified atom stereocenters. The minimum absolute atomic E-state index is 0.0236. The van der Waals surface area contributed by atoms with E-state index in [0.717, 1.165) is 19.3 Å². The van der Waals surface area contributed by atoms with Crippen molar-refractivity contribution in [3.63, 3.8) is 0 Å². The van der Waals surface area contributed by atoms with Gasteiger partial charge in [-0.1, -0.05) is 26.8 Å². The molecule has 1 saturated carbocycles. The van der Waals surface area contributed by atoms with Crippen LogP contribution in [0.3, 0.4) is 0 Å². The van der Waals surface area contributed by atoms with E-state index < -0.39 is 10.0 Å². The van der Waals surface area contributed by atoms with Gasteiger partial charge in [-0.15, -0.1) is 0 Å². The molecule has 156 valence electrons. The molecule has 1 aliphatic heterocycles. The first kappa shape index (κ1) is 21.3. The summed E-state index contributed by atoms with van der Waals surface area (Å²) in [5.41, 5.74) is 0.536. The fraction of sp³-hybridized carbons (Fsp3) is 0.667. The molecular weight excluding hydrogens is 376 g/mol. The quantitative estimate of drug-likeness (QED) is 0.704. The lowest BCUT2D eigenvalue weighted by Crippen LogP contribution is -2.37. The van der Waals surface area contributed by atoms with E-state index in [1.54, 1.807) is 29.6 Å². The number of hydrogen-bond donors (Lipinski definition) is 1. The van der Waals surface area contributed by atoms with Gasteiger partial charge in [-0.3, -0.25) is 4.79 Å². The molecule has 1 aromatic carbocycles.